The molecule has 0 bridgehead atoms. The van der Waals surface area contributed by atoms with Crippen molar-refractivity contribution in [1.82, 2.24) is 9.88 Å². The highest BCUT2D eigenvalue weighted by atomic mass is 32.1. The molecular weight excluding hydrogens is 222 g/mol. The van der Waals surface area contributed by atoms with Gasteiger partial charge in [-0.1, -0.05) is 0 Å². The van der Waals surface area contributed by atoms with E-state index in [-0.39, 0.29) is 5.78 Å². The molecule has 1 aliphatic rings. The van der Waals surface area contributed by atoms with Crippen molar-refractivity contribution in [3.05, 3.63) is 11.6 Å². The molecule has 0 spiro atoms. The molecule has 0 N–H and O–H groups in total. The third-order valence-electron chi connectivity index (χ3n) is 2.84. The van der Waals surface area contributed by atoms with E-state index in [0.29, 0.717) is 6.42 Å². The summed E-state index contributed by atoms with van der Waals surface area (Å²) in [5, 5.41) is 3.13. The van der Waals surface area contributed by atoms with E-state index in [0.717, 1.165) is 37.9 Å². The van der Waals surface area contributed by atoms with E-state index in [1.807, 2.05) is 11.6 Å². The summed E-state index contributed by atoms with van der Waals surface area (Å²) in [6.07, 6.45) is 2.53. The molecule has 0 saturated carbocycles. The van der Waals surface area contributed by atoms with Crippen LogP contribution < -0.4 is 4.90 Å². The summed E-state index contributed by atoms with van der Waals surface area (Å²) in [4.78, 5) is 19.9. The highest BCUT2D eigenvalue weighted by Gasteiger charge is 2.18. The van der Waals surface area contributed by atoms with Crippen LogP contribution in [-0.2, 0) is 4.79 Å². The van der Waals surface area contributed by atoms with Crippen molar-refractivity contribution in [1.29, 1.82) is 0 Å². The quantitative estimate of drug-likeness (QED) is 0.792. The fourth-order valence-corrected chi connectivity index (χ4v) is 2.55. The molecule has 1 aromatic rings. The molecule has 88 valence electrons. The molecule has 0 unspecified atom stereocenters. The van der Waals surface area contributed by atoms with Crippen LogP contribution in [0, 0.1) is 0 Å². The van der Waals surface area contributed by atoms with Crippen LogP contribution in [-0.4, -0.2) is 48.4 Å². The van der Waals surface area contributed by atoms with Gasteiger partial charge in [0.1, 0.15) is 5.78 Å². The highest BCUT2D eigenvalue weighted by molar-refractivity contribution is 7.13. The Morgan fingerprint density at radius 3 is 2.75 bits per heavy atom. The zero-order chi connectivity index (χ0) is 11.4. The molecule has 0 atom stereocenters. The Kier molecular flexibility index (Phi) is 3.90. The Bertz CT molecular complexity index is 331. The number of Topliss-reactive ketones (excluding diaryl/α,β-unsaturated/α-hetero) is 1. The Morgan fingerprint density at radius 2 is 2.19 bits per heavy atom. The van der Waals surface area contributed by atoms with Crippen LogP contribution in [0.15, 0.2) is 11.6 Å². The minimum absolute atomic E-state index is 0.280. The summed E-state index contributed by atoms with van der Waals surface area (Å²) in [6.45, 7) is 6.67. The molecule has 0 aliphatic carbocycles. The van der Waals surface area contributed by atoms with Crippen molar-refractivity contribution in [3.63, 3.8) is 0 Å². The largest absolute Gasteiger partial charge is 0.346 e. The number of hydrogen-bond acceptors (Lipinski definition) is 5. The van der Waals surface area contributed by atoms with Gasteiger partial charge in [0, 0.05) is 50.7 Å². The van der Waals surface area contributed by atoms with E-state index in [9.17, 15) is 4.79 Å². The number of carbonyl (C=O) groups excluding carboxylic acids is 1. The molecule has 1 aliphatic heterocycles. The predicted octanol–water partition coefficient (Wildman–Crippen LogP) is 1.24. The van der Waals surface area contributed by atoms with Gasteiger partial charge in [0.25, 0.3) is 0 Å². The van der Waals surface area contributed by atoms with Gasteiger partial charge in [-0.05, 0) is 6.92 Å². The molecule has 1 fully saturated rings. The number of carbonyl (C=O) groups is 1. The lowest BCUT2D eigenvalue weighted by Crippen LogP contribution is -2.46. The minimum atomic E-state index is 0.280. The summed E-state index contributed by atoms with van der Waals surface area (Å²) < 4.78 is 0. The van der Waals surface area contributed by atoms with E-state index in [2.05, 4.69) is 14.8 Å². The molecule has 16 heavy (non-hydrogen) atoms. The van der Waals surface area contributed by atoms with Crippen LogP contribution in [0.3, 0.4) is 0 Å². The number of nitrogens with zero attached hydrogens (tertiary/aromatic N) is 3. The van der Waals surface area contributed by atoms with Gasteiger partial charge in [0.2, 0.25) is 0 Å². The van der Waals surface area contributed by atoms with Gasteiger partial charge in [-0.25, -0.2) is 4.98 Å². The zero-order valence-electron chi connectivity index (χ0n) is 9.56. The number of anilines is 1. The van der Waals surface area contributed by atoms with Crippen LogP contribution in [0.4, 0.5) is 5.13 Å². The van der Waals surface area contributed by atoms with Gasteiger partial charge in [0.05, 0.1) is 0 Å². The van der Waals surface area contributed by atoms with Gasteiger partial charge in [0.15, 0.2) is 5.13 Å². The number of hydrogen-bond donors (Lipinski definition) is 0. The summed E-state index contributed by atoms with van der Waals surface area (Å²) in [6, 6.07) is 0. The number of rotatable bonds is 4. The molecule has 1 aromatic heterocycles. The maximum atomic E-state index is 10.9. The number of aromatic nitrogens is 1. The molecular formula is C11H17N3OS. The highest BCUT2D eigenvalue weighted by Crippen LogP contribution is 2.18. The Balaban J connectivity index is 1.76. The van der Waals surface area contributed by atoms with E-state index in [1.165, 1.54) is 0 Å². The maximum absolute atomic E-state index is 10.9. The fraction of sp³-hybridized carbons (Fsp3) is 0.636. The average molecular weight is 239 g/mol. The standard InChI is InChI=1S/C11H17N3OS/c1-10(15)2-4-13-5-7-14(8-6-13)11-12-3-9-16-11/h3,9H,2,4-8H2,1H3. The van der Waals surface area contributed by atoms with E-state index < -0.39 is 0 Å². The Labute approximate surface area is 99.9 Å². The van der Waals surface area contributed by atoms with Crippen LogP contribution in [0.25, 0.3) is 0 Å². The van der Waals surface area contributed by atoms with Gasteiger partial charge in [-0.2, -0.15) is 0 Å². The third-order valence-corrected chi connectivity index (χ3v) is 3.67. The first-order chi connectivity index (χ1) is 7.75. The third kappa shape index (κ3) is 3.02. The molecule has 0 radical (unpaired) electrons. The van der Waals surface area contributed by atoms with Crippen molar-refractivity contribution in [2.24, 2.45) is 0 Å². The first-order valence-electron chi connectivity index (χ1n) is 5.62. The number of piperazine rings is 1. The summed E-state index contributed by atoms with van der Waals surface area (Å²) in [5.41, 5.74) is 0. The molecule has 4 nitrogen and oxygen atoms in total. The number of thiazole rings is 1. The second kappa shape index (κ2) is 5.41. The maximum Gasteiger partial charge on any atom is 0.185 e. The SMILES string of the molecule is CC(=O)CCN1CCN(c2nccs2)CC1. The van der Waals surface area contributed by atoms with Crippen molar-refractivity contribution in [2.75, 3.05) is 37.6 Å². The van der Waals surface area contributed by atoms with Crippen molar-refractivity contribution < 1.29 is 4.79 Å². The lowest BCUT2D eigenvalue weighted by atomic mass is 10.2. The first kappa shape index (κ1) is 11.5. The van der Waals surface area contributed by atoms with E-state index in [4.69, 9.17) is 0 Å². The monoisotopic (exact) mass is 239 g/mol. The normalized spacial score (nSPS) is 17.7. The zero-order valence-corrected chi connectivity index (χ0v) is 10.4. The first-order valence-corrected chi connectivity index (χ1v) is 6.50. The molecule has 1 saturated heterocycles. The lowest BCUT2D eigenvalue weighted by molar-refractivity contribution is -0.117. The van der Waals surface area contributed by atoms with E-state index >= 15 is 0 Å². The second-order valence-corrected chi connectivity index (χ2v) is 4.97. The van der Waals surface area contributed by atoms with Gasteiger partial charge in [-0.15, -0.1) is 11.3 Å². The Hall–Kier alpha value is -0.940. The van der Waals surface area contributed by atoms with E-state index in [1.54, 1.807) is 18.3 Å². The topological polar surface area (TPSA) is 36.4 Å². The number of ketones is 1. The second-order valence-electron chi connectivity index (χ2n) is 4.10. The smallest absolute Gasteiger partial charge is 0.185 e. The van der Waals surface area contributed by atoms with Crippen LogP contribution in [0.2, 0.25) is 0 Å². The van der Waals surface area contributed by atoms with Crippen LogP contribution >= 0.6 is 11.3 Å². The molecule has 2 heterocycles. The van der Waals surface area contributed by atoms with Gasteiger partial charge in [-0.3, -0.25) is 9.69 Å². The molecule has 2 rings (SSSR count). The molecule has 0 aromatic carbocycles. The summed E-state index contributed by atoms with van der Waals surface area (Å²) in [7, 11) is 0. The van der Waals surface area contributed by atoms with Crippen LogP contribution in [0.1, 0.15) is 13.3 Å². The summed E-state index contributed by atoms with van der Waals surface area (Å²) >= 11 is 1.69. The van der Waals surface area contributed by atoms with Crippen molar-refractivity contribution >= 4 is 22.3 Å². The lowest BCUT2D eigenvalue weighted by Gasteiger charge is -2.34. The minimum Gasteiger partial charge on any atom is -0.346 e. The fourth-order valence-electron chi connectivity index (χ4n) is 1.85. The molecule has 0 amide bonds. The Morgan fingerprint density at radius 1 is 1.44 bits per heavy atom. The molecule has 5 heteroatoms. The average Bonchev–Trinajstić information content (AvgIpc) is 2.80. The van der Waals surface area contributed by atoms with Crippen molar-refractivity contribution in [3.8, 4) is 0 Å². The predicted molar refractivity (Wildman–Crippen MR) is 66.1 cm³/mol. The van der Waals surface area contributed by atoms with Crippen LogP contribution in [0.5, 0.6) is 0 Å². The van der Waals surface area contributed by atoms with Gasteiger partial charge < -0.3 is 4.90 Å². The van der Waals surface area contributed by atoms with Crippen molar-refractivity contribution in [2.45, 2.75) is 13.3 Å². The van der Waals surface area contributed by atoms with Gasteiger partial charge >= 0.3 is 0 Å². The summed E-state index contributed by atoms with van der Waals surface area (Å²) in [5.74, 6) is 0.280.